The van der Waals surface area contributed by atoms with Crippen LogP contribution in [-0.4, -0.2) is 29.5 Å². The van der Waals surface area contributed by atoms with Crippen LogP contribution in [0.15, 0.2) is 44.7 Å². The molecule has 2 heterocycles. The number of thioether (sulfide) groups is 1. The Kier molecular flexibility index (Phi) is 6.80. The smallest absolute Gasteiger partial charge is 0.442 e. The summed E-state index contributed by atoms with van der Waals surface area (Å²) in [5.41, 5.74) is 1.62. The van der Waals surface area contributed by atoms with Gasteiger partial charge in [-0.05, 0) is 59.4 Å². The molecule has 32 heavy (non-hydrogen) atoms. The highest BCUT2D eigenvalue weighted by Gasteiger charge is 2.30. The number of benzene rings is 1. The number of esters is 1. The van der Waals surface area contributed by atoms with E-state index >= 15 is 0 Å². The van der Waals surface area contributed by atoms with Crippen LogP contribution in [0.5, 0.6) is 0 Å². The number of ether oxygens (including phenoxy) is 1. The second-order valence-electron chi connectivity index (χ2n) is 7.57. The zero-order valence-electron chi connectivity index (χ0n) is 17.8. The quantitative estimate of drug-likeness (QED) is 0.309. The Bertz CT molecular complexity index is 1180. The van der Waals surface area contributed by atoms with E-state index in [1.54, 1.807) is 6.92 Å². The number of nitrogens with one attached hydrogen (secondary N) is 2. The van der Waals surface area contributed by atoms with Gasteiger partial charge in [-0.25, -0.2) is 9.59 Å². The first-order chi connectivity index (χ1) is 15.5. The van der Waals surface area contributed by atoms with Gasteiger partial charge in [0.2, 0.25) is 11.6 Å². The van der Waals surface area contributed by atoms with Gasteiger partial charge < -0.3 is 10.1 Å². The summed E-state index contributed by atoms with van der Waals surface area (Å²) in [5.74, 6) is -0.198. The Balaban J connectivity index is 1.52. The van der Waals surface area contributed by atoms with Crippen LogP contribution in [0, 0.1) is 5.92 Å². The van der Waals surface area contributed by atoms with Gasteiger partial charge in [0.05, 0.1) is 17.9 Å². The van der Waals surface area contributed by atoms with Crippen LogP contribution >= 0.6 is 23.1 Å². The van der Waals surface area contributed by atoms with Crippen LogP contribution in [0.25, 0.3) is 5.69 Å². The molecule has 2 aromatic heterocycles. The molecule has 2 N–H and O–H groups in total. The monoisotopic (exact) mass is 474 g/mol. The number of hydrogen-bond acceptors (Lipinski definition) is 7. The summed E-state index contributed by atoms with van der Waals surface area (Å²) in [6.45, 7) is 4.22. The summed E-state index contributed by atoms with van der Waals surface area (Å²) >= 11 is 2.51. The lowest BCUT2D eigenvalue weighted by Gasteiger charge is -2.18. The van der Waals surface area contributed by atoms with Gasteiger partial charge in [0.1, 0.15) is 5.00 Å². The number of anilines is 1. The first kappa shape index (κ1) is 22.3. The van der Waals surface area contributed by atoms with E-state index in [0.717, 1.165) is 41.5 Å². The van der Waals surface area contributed by atoms with Gasteiger partial charge in [0.25, 0.3) is 0 Å². The number of thiophene rings is 1. The number of rotatable bonds is 7. The lowest BCUT2D eigenvalue weighted by molar-refractivity contribution is -0.704. The van der Waals surface area contributed by atoms with Crippen molar-refractivity contribution in [2.24, 2.45) is 5.92 Å². The number of nitrogens with zero attached hydrogens (tertiary/aromatic N) is 1. The molecule has 0 spiro atoms. The number of carbonyl (C=O) groups excluding carboxylic acids is 2. The van der Waals surface area contributed by atoms with Gasteiger partial charge in [0, 0.05) is 17.0 Å². The van der Waals surface area contributed by atoms with Crippen molar-refractivity contribution in [2.45, 2.75) is 38.1 Å². The third-order valence-electron chi connectivity index (χ3n) is 5.21. The van der Waals surface area contributed by atoms with E-state index in [1.807, 2.05) is 30.3 Å². The van der Waals surface area contributed by atoms with Crippen LogP contribution in [0.1, 0.15) is 41.1 Å². The van der Waals surface area contributed by atoms with Crippen molar-refractivity contribution in [2.75, 3.05) is 17.7 Å². The predicted octanol–water partition coefficient (Wildman–Crippen LogP) is 3.34. The molecule has 1 unspecified atom stereocenters. The summed E-state index contributed by atoms with van der Waals surface area (Å²) in [7, 11) is 0. The Morgan fingerprint density at radius 1 is 1.34 bits per heavy atom. The summed E-state index contributed by atoms with van der Waals surface area (Å²) in [4.78, 5) is 38.6. The van der Waals surface area contributed by atoms with Crippen molar-refractivity contribution >= 4 is 40.0 Å². The van der Waals surface area contributed by atoms with Crippen LogP contribution in [0.3, 0.4) is 0 Å². The Hall–Kier alpha value is -2.85. The maximum atomic E-state index is 12.7. The molecule has 0 saturated heterocycles. The molecule has 8 nitrogen and oxygen atoms in total. The van der Waals surface area contributed by atoms with E-state index in [4.69, 9.17) is 9.26 Å². The van der Waals surface area contributed by atoms with Gasteiger partial charge in [0.15, 0.2) is 0 Å². The molecule has 0 fully saturated rings. The maximum Gasteiger partial charge on any atom is 0.442 e. The van der Waals surface area contributed by atoms with E-state index in [9.17, 15) is 14.4 Å². The molecule has 1 aromatic carbocycles. The standard InChI is InChI=1S/C22H23N3O5S2/c1-3-29-21(27)18-15-10-9-13(2)11-16(15)32-19(18)23-17(26)12-31-20-22(28)30-24-25(20)14-7-5-4-6-8-14/h4-8,13H,3,9-12H2,1-2H3,(H-,23,24,26,27,28)/p+1. The number of H-pyrrole nitrogens is 1. The van der Waals surface area contributed by atoms with E-state index in [-0.39, 0.29) is 23.3 Å². The summed E-state index contributed by atoms with van der Waals surface area (Å²) in [6.07, 6.45) is 2.69. The molecule has 0 radical (unpaired) electrons. The molecule has 1 amide bonds. The SMILES string of the molecule is CCOC(=O)c1c(NC(=O)CSc2c(=O)o[nH][n+]2-c2ccccc2)sc2c1CCC(C)C2. The van der Waals surface area contributed by atoms with E-state index in [2.05, 4.69) is 17.5 Å². The molecule has 0 aliphatic heterocycles. The van der Waals surface area contributed by atoms with Gasteiger partial charge >= 0.3 is 16.6 Å². The molecule has 1 atom stereocenters. The first-order valence-corrected chi connectivity index (χ1v) is 12.2. The third-order valence-corrected chi connectivity index (χ3v) is 7.40. The van der Waals surface area contributed by atoms with Crippen LogP contribution < -0.4 is 15.6 Å². The fourth-order valence-corrected chi connectivity index (χ4v) is 5.87. The number of hydrogen-bond donors (Lipinski definition) is 2. The van der Waals surface area contributed by atoms with Gasteiger partial charge in [-0.1, -0.05) is 25.1 Å². The largest absolute Gasteiger partial charge is 0.462 e. The Labute approximate surface area is 192 Å². The topological polar surface area (TPSA) is 105 Å². The molecule has 0 saturated carbocycles. The van der Waals surface area contributed by atoms with Gasteiger partial charge in [-0.2, -0.15) is 0 Å². The highest BCUT2D eigenvalue weighted by molar-refractivity contribution is 7.99. The lowest BCUT2D eigenvalue weighted by atomic mass is 9.88. The summed E-state index contributed by atoms with van der Waals surface area (Å²) in [6, 6.07) is 9.18. The van der Waals surface area contributed by atoms with Gasteiger partial charge in [-0.3, -0.25) is 9.32 Å². The molecule has 168 valence electrons. The van der Waals surface area contributed by atoms with Crippen molar-refractivity contribution in [1.82, 2.24) is 5.27 Å². The minimum Gasteiger partial charge on any atom is -0.462 e. The van der Waals surface area contributed by atoms with Crippen molar-refractivity contribution in [3.05, 3.63) is 56.8 Å². The van der Waals surface area contributed by atoms with E-state index in [1.165, 1.54) is 16.0 Å². The number of para-hydroxylation sites is 1. The third kappa shape index (κ3) is 4.66. The number of amides is 1. The predicted molar refractivity (Wildman–Crippen MR) is 122 cm³/mol. The second kappa shape index (κ2) is 9.74. The number of fused-ring (bicyclic) bond motifs is 1. The zero-order valence-corrected chi connectivity index (χ0v) is 19.4. The Morgan fingerprint density at radius 3 is 2.88 bits per heavy atom. The van der Waals surface area contributed by atoms with E-state index < -0.39 is 11.6 Å². The van der Waals surface area contributed by atoms with Crippen molar-refractivity contribution in [3.8, 4) is 5.69 Å². The molecular formula is C22H24N3O5S2+. The molecule has 3 aromatic rings. The number of aromatic amines is 1. The second-order valence-corrected chi connectivity index (χ2v) is 9.64. The maximum absolute atomic E-state index is 12.7. The first-order valence-electron chi connectivity index (χ1n) is 10.4. The molecule has 0 bridgehead atoms. The Morgan fingerprint density at radius 2 is 2.12 bits per heavy atom. The lowest BCUT2D eigenvalue weighted by Crippen LogP contribution is -2.36. The normalized spacial score (nSPS) is 15.2. The number of aromatic nitrogens is 2. The van der Waals surface area contributed by atoms with Crippen molar-refractivity contribution in [1.29, 1.82) is 0 Å². The van der Waals surface area contributed by atoms with E-state index in [0.29, 0.717) is 22.2 Å². The van der Waals surface area contributed by atoms with Crippen LogP contribution in [0.2, 0.25) is 0 Å². The fraction of sp³-hybridized carbons (Fsp3) is 0.364. The molecule has 4 rings (SSSR count). The average Bonchev–Trinajstić information content (AvgIpc) is 3.32. The number of carbonyl (C=O) groups is 2. The molecule has 1 aliphatic carbocycles. The fourth-order valence-electron chi connectivity index (χ4n) is 3.69. The summed E-state index contributed by atoms with van der Waals surface area (Å²) < 4.78 is 11.7. The van der Waals surface area contributed by atoms with Gasteiger partial charge in [-0.15, -0.1) is 11.3 Å². The molecule has 1 aliphatic rings. The average molecular weight is 475 g/mol. The highest BCUT2D eigenvalue weighted by atomic mass is 32.2. The zero-order chi connectivity index (χ0) is 22.7. The minimum absolute atomic E-state index is 0.0172. The summed E-state index contributed by atoms with van der Waals surface area (Å²) in [5, 5.41) is 6.20. The van der Waals surface area contributed by atoms with Crippen molar-refractivity contribution in [3.63, 3.8) is 0 Å². The molecular weight excluding hydrogens is 450 g/mol. The van der Waals surface area contributed by atoms with Crippen LogP contribution in [0.4, 0.5) is 5.00 Å². The highest BCUT2D eigenvalue weighted by Crippen LogP contribution is 2.40. The van der Waals surface area contributed by atoms with Crippen molar-refractivity contribution < 1.29 is 23.5 Å². The molecule has 10 heteroatoms. The van der Waals surface area contributed by atoms with Crippen LogP contribution in [-0.2, 0) is 22.4 Å². The minimum atomic E-state index is -0.556.